The molecule has 0 unspecified atom stereocenters. The maximum atomic E-state index is 12.4. The quantitative estimate of drug-likeness (QED) is 0.513. The summed E-state index contributed by atoms with van der Waals surface area (Å²) in [7, 11) is 0. The van der Waals surface area contributed by atoms with Crippen LogP contribution >= 0.6 is 0 Å². The number of benzene rings is 2. The Morgan fingerprint density at radius 3 is 1.96 bits per heavy atom. The largest absolute Gasteiger partial charge is 0.508 e. The van der Waals surface area contributed by atoms with Gasteiger partial charge in [0.25, 0.3) is 0 Å². The number of allylic oxidation sites excluding steroid dienone is 1. The predicted molar refractivity (Wildman–Crippen MR) is 113 cm³/mol. The monoisotopic (exact) mass is 382 g/mol. The number of ketones is 1. The van der Waals surface area contributed by atoms with Gasteiger partial charge in [0.05, 0.1) is 0 Å². The number of aryl methyl sites for hydroxylation is 1. The summed E-state index contributed by atoms with van der Waals surface area (Å²) in [4.78, 5) is 12.4. The molecule has 2 aromatic carbocycles. The van der Waals surface area contributed by atoms with Crippen molar-refractivity contribution < 1.29 is 19.4 Å². The SMILES string of the molecule is Cc1cc(C=CC(=O)c2ccc(O)cc2)c(OC(C)(C)C)cc1OC(C)(C)C. The average molecular weight is 383 g/mol. The second kappa shape index (κ2) is 8.09. The third-order valence-corrected chi connectivity index (χ3v) is 3.71. The number of phenols is 1. The Balaban J connectivity index is 2.39. The molecular formula is C24H30O4. The van der Waals surface area contributed by atoms with Gasteiger partial charge in [-0.05, 0) is 96.5 Å². The molecule has 0 bridgehead atoms. The fourth-order valence-corrected chi connectivity index (χ4v) is 2.57. The molecule has 1 N–H and O–H groups in total. The number of aromatic hydroxyl groups is 1. The Hall–Kier alpha value is -2.75. The van der Waals surface area contributed by atoms with Crippen LogP contribution in [-0.4, -0.2) is 22.1 Å². The predicted octanol–water partition coefficient (Wildman–Crippen LogP) is 5.95. The third kappa shape index (κ3) is 6.45. The van der Waals surface area contributed by atoms with Crippen LogP contribution in [0.15, 0.2) is 42.5 Å². The van der Waals surface area contributed by atoms with Gasteiger partial charge in [-0.3, -0.25) is 4.79 Å². The lowest BCUT2D eigenvalue weighted by Gasteiger charge is -2.26. The minimum atomic E-state index is -0.391. The Morgan fingerprint density at radius 1 is 0.893 bits per heavy atom. The molecule has 0 spiro atoms. The molecule has 0 heterocycles. The van der Waals surface area contributed by atoms with Crippen LogP contribution in [0, 0.1) is 6.92 Å². The molecule has 0 aliphatic carbocycles. The number of carbonyl (C=O) groups is 1. The summed E-state index contributed by atoms with van der Waals surface area (Å²) in [6.07, 6.45) is 3.27. The highest BCUT2D eigenvalue weighted by Gasteiger charge is 2.19. The summed E-state index contributed by atoms with van der Waals surface area (Å²) < 4.78 is 12.2. The van der Waals surface area contributed by atoms with Crippen LogP contribution in [0.3, 0.4) is 0 Å². The molecule has 0 atom stereocenters. The van der Waals surface area contributed by atoms with Crippen LogP contribution in [0.25, 0.3) is 6.08 Å². The van der Waals surface area contributed by atoms with Gasteiger partial charge in [-0.1, -0.05) is 0 Å². The fraction of sp³-hybridized carbons (Fsp3) is 0.375. The highest BCUT2D eigenvalue weighted by Crippen LogP contribution is 2.34. The third-order valence-electron chi connectivity index (χ3n) is 3.71. The lowest BCUT2D eigenvalue weighted by atomic mass is 10.0. The first kappa shape index (κ1) is 21.5. The summed E-state index contributed by atoms with van der Waals surface area (Å²) in [6, 6.07) is 10.0. The molecule has 0 aliphatic rings. The summed E-state index contributed by atoms with van der Waals surface area (Å²) in [5, 5.41) is 9.37. The molecule has 0 saturated heterocycles. The Kier molecular flexibility index (Phi) is 6.23. The van der Waals surface area contributed by atoms with E-state index in [0.717, 1.165) is 16.9 Å². The second-order valence-electron chi connectivity index (χ2n) is 8.83. The summed E-state index contributed by atoms with van der Waals surface area (Å²) >= 11 is 0. The molecule has 0 radical (unpaired) electrons. The van der Waals surface area contributed by atoms with Gasteiger partial charge in [-0.25, -0.2) is 0 Å². The van der Waals surface area contributed by atoms with Crippen molar-refractivity contribution in [1.29, 1.82) is 0 Å². The molecule has 4 heteroatoms. The Bertz CT molecular complexity index is 863. The number of ether oxygens (including phenoxy) is 2. The molecule has 0 amide bonds. The molecule has 2 aromatic rings. The van der Waals surface area contributed by atoms with Gasteiger partial charge in [0.15, 0.2) is 5.78 Å². The van der Waals surface area contributed by atoms with Crippen LogP contribution in [0.5, 0.6) is 17.2 Å². The molecule has 150 valence electrons. The lowest BCUT2D eigenvalue weighted by Crippen LogP contribution is -2.25. The van der Waals surface area contributed by atoms with Crippen LogP contribution in [-0.2, 0) is 0 Å². The highest BCUT2D eigenvalue weighted by atomic mass is 16.5. The van der Waals surface area contributed by atoms with Gasteiger partial charge in [0.2, 0.25) is 0 Å². The molecule has 0 aliphatic heterocycles. The molecule has 2 rings (SSSR count). The van der Waals surface area contributed by atoms with Crippen molar-refractivity contribution in [1.82, 2.24) is 0 Å². The molecular weight excluding hydrogens is 352 g/mol. The number of hydrogen-bond donors (Lipinski definition) is 1. The number of phenolic OH excluding ortho intramolecular Hbond substituents is 1. The topological polar surface area (TPSA) is 55.8 Å². The van der Waals surface area contributed by atoms with Crippen molar-refractivity contribution in [2.75, 3.05) is 0 Å². The van der Waals surface area contributed by atoms with E-state index in [1.807, 2.05) is 60.6 Å². The van der Waals surface area contributed by atoms with Gasteiger partial charge in [0.1, 0.15) is 28.5 Å². The molecule has 4 nitrogen and oxygen atoms in total. The molecule has 0 fully saturated rings. The van der Waals surface area contributed by atoms with E-state index in [1.54, 1.807) is 18.2 Å². The van der Waals surface area contributed by atoms with E-state index < -0.39 is 5.60 Å². The fourth-order valence-electron chi connectivity index (χ4n) is 2.57. The minimum absolute atomic E-state index is 0.131. The molecule has 28 heavy (non-hydrogen) atoms. The van der Waals surface area contributed by atoms with Crippen LogP contribution in [0.1, 0.15) is 63.0 Å². The van der Waals surface area contributed by atoms with Crippen LogP contribution < -0.4 is 9.47 Å². The zero-order chi connectivity index (χ0) is 21.1. The standard InChI is InChI=1S/C24H30O4/c1-16-14-18(10-13-20(26)17-8-11-19(25)12-9-17)22(28-24(5,6)7)15-21(16)27-23(2,3)4/h8-15,25H,1-7H3. The van der Waals surface area contributed by atoms with Gasteiger partial charge >= 0.3 is 0 Å². The van der Waals surface area contributed by atoms with Gasteiger partial charge < -0.3 is 14.6 Å². The van der Waals surface area contributed by atoms with E-state index >= 15 is 0 Å². The zero-order valence-corrected chi connectivity index (χ0v) is 17.8. The van der Waals surface area contributed by atoms with E-state index in [4.69, 9.17) is 9.47 Å². The molecule has 0 aromatic heterocycles. The number of hydrogen-bond acceptors (Lipinski definition) is 4. The lowest BCUT2D eigenvalue weighted by molar-refractivity contribution is 0.104. The highest BCUT2D eigenvalue weighted by molar-refractivity contribution is 6.07. The first-order chi connectivity index (χ1) is 12.8. The van der Waals surface area contributed by atoms with E-state index in [-0.39, 0.29) is 17.1 Å². The Labute approximate surface area is 167 Å². The minimum Gasteiger partial charge on any atom is -0.508 e. The normalized spacial score (nSPS) is 12.2. The summed E-state index contributed by atoms with van der Waals surface area (Å²) in [5.41, 5.74) is 1.57. The van der Waals surface area contributed by atoms with E-state index in [1.165, 1.54) is 18.2 Å². The van der Waals surface area contributed by atoms with Crippen molar-refractivity contribution in [3.05, 3.63) is 59.2 Å². The summed E-state index contributed by atoms with van der Waals surface area (Å²) in [5.74, 6) is 1.40. The maximum absolute atomic E-state index is 12.4. The van der Waals surface area contributed by atoms with Crippen LogP contribution in [0.2, 0.25) is 0 Å². The van der Waals surface area contributed by atoms with E-state index in [9.17, 15) is 9.90 Å². The van der Waals surface area contributed by atoms with Crippen molar-refractivity contribution in [2.24, 2.45) is 0 Å². The first-order valence-electron chi connectivity index (χ1n) is 9.38. The van der Waals surface area contributed by atoms with Crippen molar-refractivity contribution in [3.8, 4) is 17.2 Å². The van der Waals surface area contributed by atoms with E-state index in [2.05, 4.69) is 0 Å². The number of rotatable bonds is 5. The average Bonchev–Trinajstić information content (AvgIpc) is 2.54. The zero-order valence-electron chi connectivity index (χ0n) is 17.8. The van der Waals surface area contributed by atoms with Crippen LogP contribution in [0.4, 0.5) is 0 Å². The smallest absolute Gasteiger partial charge is 0.185 e. The van der Waals surface area contributed by atoms with Gasteiger partial charge in [-0.15, -0.1) is 0 Å². The van der Waals surface area contributed by atoms with Gasteiger partial charge in [0, 0.05) is 17.2 Å². The number of carbonyl (C=O) groups excluding carboxylic acids is 1. The van der Waals surface area contributed by atoms with E-state index in [0.29, 0.717) is 11.3 Å². The Morgan fingerprint density at radius 2 is 1.43 bits per heavy atom. The van der Waals surface area contributed by atoms with Crippen molar-refractivity contribution in [3.63, 3.8) is 0 Å². The molecule has 0 saturated carbocycles. The van der Waals surface area contributed by atoms with Crippen molar-refractivity contribution in [2.45, 2.75) is 59.7 Å². The summed E-state index contributed by atoms with van der Waals surface area (Å²) in [6.45, 7) is 13.9. The maximum Gasteiger partial charge on any atom is 0.185 e. The van der Waals surface area contributed by atoms with Gasteiger partial charge in [-0.2, -0.15) is 0 Å². The van der Waals surface area contributed by atoms with Crippen molar-refractivity contribution >= 4 is 11.9 Å². The first-order valence-corrected chi connectivity index (χ1v) is 9.38. The second-order valence-corrected chi connectivity index (χ2v) is 8.83.